The van der Waals surface area contributed by atoms with Crippen molar-refractivity contribution >= 4 is 23.3 Å². The number of hydrogen-bond donors (Lipinski definition) is 2. The molecule has 6 heteroatoms. The maximum atomic E-state index is 13.2. The summed E-state index contributed by atoms with van der Waals surface area (Å²) in [5.41, 5.74) is 4.84. The number of ether oxygens (including phenoxy) is 1. The third-order valence-corrected chi connectivity index (χ3v) is 5.21. The van der Waals surface area contributed by atoms with Crippen LogP contribution in [0.3, 0.4) is 0 Å². The summed E-state index contributed by atoms with van der Waals surface area (Å²) >= 11 is 0. The van der Waals surface area contributed by atoms with Gasteiger partial charge < -0.3 is 15.0 Å². The molecule has 2 N–H and O–H groups in total. The number of aryl methyl sites for hydroxylation is 3. The van der Waals surface area contributed by atoms with Crippen molar-refractivity contribution in [2.75, 3.05) is 5.32 Å². The van der Waals surface area contributed by atoms with Gasteiger partial charge in [0.2, 0.25) is 6.10 Å². The highest BCUT2D eigenvalue weighted by Gasteiger charge is 2.29. The molecule has 0 aliphatic heterocycles. The van der Waals surface area contributed by atoms with E-state index in [1.54, 1.807) is 38.1 Å². The highest BCUT2D eigenvalue weighted by atomic mass is 16.5. The van der Waals surface area contributed by atoms with Gasteiger partial charge in [0.25, 0.3) is 5.91 Å². The summed E-state index contributed by atoms with van der Waals surface area (Å²) in [4.78, 5) is 41.0. The Hall–Kier alpha value is -3.67. The van der Waals surface area contributed by atoms with Crippen LogP contribution in [-0.2, 0) is 9.53 Å². The number of H-pyrrole nitrogens is 1. The van der Waals surface area contributed by atoms with E-state index in [4.69, 9.17) is 4.74 Å². The van der Waals surface area contributed by atoms with Crippen LogP contribution in [-0.4, -0.2) is 22.6 Å². The number of ketones is 1. The van der Waals surface area contributed by atoms with Crippen molar-refractivity contribution in [3.05, 3.63) is 87.7 Å². The lowest BCUT2D eigenvalue weighted by Crippen LogP contribution is -2.26. The van der Waals surface area contributed by atoms with Crippen LogP contribution in [0.15, 0.2) is 48.5 Å². The standard InChI is InChI=1S/C25H26N2O4/c1-14-11-12-15(2)20(13-14)27-24(29)23(19-9-7-6-8-10-19)31-25(30)22-16(3)21(18(5)28)17(4)26-22/h6-13,23,26H,1-5H3,(H,27,29). The molecule has 1 unspecified atom stereocenters. The van der Waals surface area contributed by atoms with Gasteiger partial charge in [0.1, 0.15) is 5.69 Å². The van der Waals surface area contributed by atoms with Crippen molar-refractivity contribution < 1.29 is 19.1 Å². The van der Waals surface area contributed by atoms with Crippen LogP contribution in [0.5, 0.6) is 0 Å². The molecular formula is C25H26N2O4. The van der Waals surface area contributed by atoms with E-state index in [2.05, 4.69) is 10.3 Å². The Morgan fingerprint density at radius 2 is 1.65 bits per heavy atom. The lowest BCUT2D eigenvalue weighted by atomic mass is 10.1. The van der Waals surface area contributed by atoms with E-state index in [-0.39, 0.29) is 11.5 Å². The molecule has 1 heterocycles. The number of nitrogens with one attached hydrogen (secondary N) is 2. The Balaban J connectivity index is 1.93. The second-order valence-corrected chi connectivity index (χ2v) is 7.68. The molecule has 0 bridgehead atoms. The van der Waals surface area contributed by atoms with Gasteiger partial charge >= 0.3 is 5.97 Å². The smallest absolute Gasteiger partial charge is 0.356 e. The van der Waals surface area contributed by atoms with Crippen LogP contribution in [0.1, 0.15) is 61.8 Å². The number of esters is 1. The molecule has 1 atom stereocenters. The number of benzene rings is 2. The van der Waals surface area contributed by atoms with Crippen molar-refractivity contribution in [1.82, 2.24) is 4.98 Å². The predicted molar refractivity (Wildman–Crippen MR) is 119 cm³/mol. The zero-order valence-corrected chi connectivity index (χ0v) is 18.3. The quantitative estimate of drug-likeness (QED) is 0.436. The van der Waals surface area contributed by atoms with Gasteiger partial charge in [-0.15, -0.1) is 0 Å². The maximum absolute atomic E-state index is 13.2. The molecule has 6 nitrogen and oxygen atoms in total. The molecule has 0 spiro atoms. The normalized spacial score (nSPS) is 11.6. The van der Waals surface area contributed by atoms with E-state index < -0.39 is 18.0 Å². The largest absolute Gasteiger partial charge is 0.443 e. The molecule has 0 saturated heterocycles. The van der Waals surface area contributed by atoms with E-state index in [0.717, 1.165) is 11.1 Å². The number of rotatable bonds is 6. The zero-order valence-electron chi connectivity index (χ0n) is 18.3. The first-order valence-electron chi connectivity index (χ1n) is 10.0. The van der Waals surface area contributed by atoms with Crippen LogP contribution < -0.4 is 5.32 Å². The van der Waals surface area contributed by atoms with Gasteiger partial charge in [0.15, 0.2) is 5.78 Å². The molecular weight excluding hydrogens is 392 g/mol. The van der Waals surface area contributed by atoms with E-state index in [0.29, 0.717) is 28.1 Å². The molecule has 0 fully saturated rings. The van der Waals surface area contributed by atoms with Crippen molar-refractivity contribution in [3.63, 3.8) is 0 Å². The molecule has 0 aliphatic rings. The van der Waals surface area contributed by atoms with Crippen molar-refractivity contribution in [3.8, 4) is 0 Å². The molecule has 2 aromatic carbocycles. The minimum absolute atomic E-state index is 0.141. The van der Waals surface area contributed by atoms with Gasteiger partial charge in [-0.05, 0) is 57.4 Å². The SMILES string of the molecule is CC(=O)c1c(C)[nH]c(C(=O)OC(C(=O)Nc2cc(C)ccc2C)c2ccccc2)c1C. The van der Waals surface area contributed by atoms with E-state index >= 15 is 0 Å². The number of Topliss-reactive ketones (excluding diaryl/α,β-unsaturated/α-hetero) is 1. The summed E-state index contributed by atoms with van der Waals surface area (Å²) in [6.45, 7) is 8.69. The second kappa shape index (κ2) is 9.00. The molecule has 3 rings (SSSR count). The Bertz CT molecular complexity index is 1150. The number of carbonyl (C=O) groups excluding carboxylic acids is 3. The van der Waals surface area contributed by atoms with Crippen molar-refractivity contribution in [1.29, 1.82) is 0 Å². The molecule has 0 saturated carbocycles. The van der Waals surface area contributed by atoms with Gasteiger partial charge in [-0.3, -0.25) is 9.59 Å². The van der Waals surface area contributed by atoms with Crippen molar-refractivity contribution in [2.45, 2.75) is 40.7 Å². The molecule has 1 aromatic heterocycles. The first-order valence-corrected chi connectivity index (χ1v) is 10.0. The molecule has 3 aromatic rings. The summed E-state index contributed by atoms with van der Waals surface area (Å²) in [5, 5.41) is 2.88. The van der Waals surface area contributed by atoms with Crippen LogP contribution in [0, 0.1) is 27.7 Å². The minimum Gasteiger partial charge on any atom is -0.443 e. The molecule has 0 aliphatic carbocycles. The van der Waals surface area contributed by atoms with Gasteiger partial charge in [-0.2, -0.15) is 0 Å². The number of aromatic amines is 1. The number of anilines is 1. The number of hydrogen-bond acceptors (Lipinski definition) is 4. The van der Waals surface area contributed by atoms with Crippen LogP contribution in [0.25, 0.3) is 0 Å². The summed E-state index contributed by atoms with van der Waals surface area (Å²) in [6, 6.07) is 14.6. The van der Waals surface area contributed by atoms with Gasteiger partial charge in [-0.1, -0.05) is 42.5 Å². The average molecular weight is 418 g/mol. The fourth-order valence-corrected chi connectivity index (χ4v) is 3.62. The van der Waals surface area contributed by atoms with E-state index in [1.807, 2.05) is 38.1 Å². The molecule has 0 radical (unpaired) electrons. The first-order chi connectivity index (χ1) is 14.7. The molecule has 160 valence electrons. The molecule has 31 heavy (non-hydrogen) atoms. The van der Waals surface area contributed by atoms with Crippen molar-refractivity contribution in [2.24, 2.45) is 0 Å². The third-order valence-electron chi connectivity index (χ3n) is 5.21. The fourth-order valence-electron chi connectivity index (χ4n) is 3.62. The minimum atomic E-state index is -1.16. The number of carbonyl (C=O) groups is 3. The Kier molecular flexibility index (Phi) is 6.39. The maximum Gasteiger partial charge on any atom is 0.356 e. The lowest BCUT2D eigenvalue weighted by molar-refractivity contribution is -0.125. The predicted octanol–water partition coefficient (Wildman–Crippen LogP) is 4.99. The second-order valence-electron chi connectivity index (χ2n) is 7.68. The topological polar surface area (TPSA) is 88.3 Å². The van der Waals surface area contributed by atoms with Gasteiger partial charge in [0, 0.05) is 22.5 Å². The van der Waals surface area contributed by atoms with E-state index in [9.17, 15) is 14.4 Å². The highest BCUT2D eigenvalue weighted by Crippen LogP contribution is 2.26. The Morgan fingerprint density at radius 1 is 0.968 bits per heavy atom. The highest BCUT2D eigenvalue weighted by molar-refractivity contribution is 6.02. The fraction of sp³-hybridized carbons (Fsp3) is 0.240. The zero-order chi connectivity index (χ0) is 22.7. The summed E-state index contributed by atoms with van der Waals surface area (Å²) in [6.07, 6.45) is -1.16. The number of aromatic nitrogens is 1. The van der Waals surface area contributed by atoms with Gasteiger partial charge in [0.05, 0.1) is 0 Å². The summed E-state index contributed by atoms with van der Waals surface area (Å²) < 4.78 is 5.66. The van der Waals surface area contributed by atoms with Crippen LogP contribution in [0.4, 0.5) is 5.69 Å². The van der Waals surface area contributed by atoms with E-state index in [1.165, 1.54) is 6.92 Å². The van der Waals surface area contributed by atoms with Crippen LogP contribution in [0.2, 0.25) is 0 Å². The lowest BCUT2D eigenvalue weighted by Gasteiger charge is -2.19. The number of amides is 1. The van der Waals surface area contributed by atoms with Crippen LogP contribution >= 0.6 is 0 Å². The first kappa shape index (κ1) is 22.0. The summed E-state index contributed by atoms with van der Waals surface area (Å²) in [5.74, 6) is -1.29. The van der Waals surface area contributed by atoms with Gasteiger partial charge in [-0.25, -0.2) is 4.79 Å². The third kappa shape index (κ3) is 4.74. The Labute approximate surface area is 181 Å². The molecule has 1 amide bonds. The monoisotopic (exact) mass is 418 g/mol. The average Bonchev–Trinajstić information content (AvgIpc) is 3.03. The summed E-state index contributed by atoms with van der Waals surface area (Å²) in [7, 11) is 0. The Morgan fingerprint density at radius 3 is 2.26 bits per heavy atom.